The maximum absolute atomic E-state index is 5.45. The van der Waals surface area contributed by atoms with Crippen LogP contribution in [0, 0.1) is 5.92 Å². The first-order valence-electron chi connectivity index (χ1n) is 5.95. The molecule has 0 aromatic heterocycles. The van der Waals surface area contributed by atoms with E-state index in [1.54, 1.807) is 0 Å². The van der Waals surface area contributed by atoms with Crippen molar-refractivity contribution in [3.8, 4) is 0 Å². The average Bonchev–Trinajstić information content (AvgIpc) is 2.81. The van der Waals surface area contributed by atoms with Gasteiger partial charge < -0.3 is 14.8 Å². The van der Waals surface area contributed by atoms with Crippen molar-refractivity contribution in [1.29, 1.82) is 0 Å². The van der Waals surface area contributed by atoms with Crippen LogP contribution in [0.3, 0.4) is 0 Å². The molecular weight excluding hydrogens is 192 g/mol. The Morgan fingerprint density at radius 1 is 1.27 bits per heavy atom. The highest BCUT2D eigenvalue weighted by Gasteiger charge is 2.26. The van der Waals surface area contributed by atoms with Crippen molar-refractivity contribution in [2.75, 3.05) is 53.1 Å². The molecule has 1 N–H and O–H groups in total. The van der Waals surface area contributed by atoms with Gasteiger partial charge >= 0.3 is 0 Å². The zero-order valence-electron chi connectivity index (χ0n) is 9.58. The topological polar surface area (TPSA) is 33.7 Å². The van der Waals surface area contributed by atoms with E-state index < -0.39 is 0 Å². The van der Waals surface area contributed by atoms with Crippen LogP contribution in [0.15, 0.2) is 0 Å². The lowest BCUT2D eigenvalue weighted by Crippen LogP contribution is -2.48. The maximum atomic E-state index is 5.45. The molecule has 0 bridgehead atoms. The largest absolute Gasteiger partial charge is 0.381 e. The van der Waals surface area contributed by atoms with Gasteiger partial charge in [-0.05, 0) is 13.5 Å². The Labute approximate surface area is 91.9 Å². The lowest BCUT2D eigenvalue weighted by molar-refractivity contribution is 0.0300. The molecule has 0 aromatic carbocycles. The summed E-state index contributed by atoms with van der Waals surface area (Å²) in [6, 6.07) is 0.575. The second-order valence-electron chi connectivity index (χ2n) is 4.43. The van der Waals surface area contributed by atoms with Crippen molar-refractivity contribution in [2.45, 2.75) is 12.5 Å². The Bertz CT molecular complexity index is 177. The molecular formula is C11H22N2O2. The molecule has 15 heavy (non-hydrogen) atoms. The van der Waals surface area contributed by atoms with E-state index in [2.05, 4.69) is 17.3 Å². The van der Waals surface area contributed by atoms with Crippen LogP contribution in [0.25, 0.3) is 0 Å². The van der Waals surface area contributed by atoms with E-state index in [4.69, 9.17) is 9.47 Å². The molecule has 2 aliphatic heterocycles. The summed E-state index contributed by atoms with van der Waals surface area (Å²) in [5.74, 6) is 0.692. The highest BCUT2D eigenvalue weighted by molar-refractivity contribution is 4.81. The number of morpholine rings is 1. The van der Waals surface area contributed by atoms with Gasteiger partial charge in [0.15, 0.2) is 0 Å². The lowest BCUT2D eigenvalue weighted by Gasteiger charge is -2.32. The van der Waals surface area contributed by atoms with E-state index in [9.17, 15) is 0 Å². The molecule has 88 valence electrons. The minimum absolute atomic E-state index is 0.575. The third kappa shape index (κ3) is 3.14. The van der Waals surface area contributed by atoms with Crippen LogP contribution < -0.4 is 5.32 Å². The molecule has 2 aliphatic rings. The molecule has 0 aliphatic carbocycles. The first-order valence-corrected chi connectivity index (χ1v) is 5.95. The summed E-state index contributed by atoms with van der Waals surface area (Å²) in [6.07, 6.45) is 1.20. The van der Waals surface area contributed by atoms with Crippen LogP contribution in [0.1, 0.15) is 6.42 Å². The molecule has 0 radical (unpaired) electrons. The fourth-order valence-corrected chi connectivity index (χ4v) is 2.41. The number of hydrogen-bond donors (Lipinski definition) is 1. The third-order valence-electron chi connectivity index (χ3n) is 3.46. The van der Waals surface area contributed by atoms with Gasteiger partial charge in [-0.15, -0.1) is 0 Å². The summed E-state index contributed by atoms with van der Waals surface area (Å²) >= 11 is 0. The molecule has 4 heteroatoms. The van der Waals surface area contributed by atoms with Crippen LogP contribution in [0.5, 0.6) is 0 Å². The number of ether oxygens (including phenoxy) is 2. The monoisotopic (exact) mass is 214 g/mol. The van der Waals surface area contributed by atoms with E-state index >= 15 is 0 Å². The van der Waals surface area contributed by atoms with Gasteiger partial charge in [0, 0.05) is 38.2 Å². The second kappa shape index (κ2) is 5.80. The van der Waals surface area contributed by atoms with Gasteiger partial charge in [-0.3, -0.25) is 4.90 Å². The molecule has 4 nitrogen and oxygen atoms in total. The van der Waals surface area contributed by atoms with Crippen LogP contribution in [-0.2, 0) is 9.47 Å². The predicted octanol–water partition coefficient (Wildman–Crippen LogP) is -0.0569. The Morgan fingerprint density at radius 2 is 2.07 bits per heavy atom. The van der Waals surface area contributed by atoms with E-state index in [1.165, 1.54) is 6.42 Å². The van der Waals surface area contributed by atoms with Gasteiger partial charge in [0.05, 0.1) is 19.8 Å². The fourth-order valence-electron chi connectivity index (χ4n) is 2.41. The Balaban J connectivity index is 1.78. The zero-order chi connectivity index (χ0) is 10.5. The van der Waals surface area contributed by atoms with Crippen molar-refractivity contribution >= 4 is 0 Å². The van der Waals surface area contributed by atoms with E-state index in [1.807, 2.05) is 0 Å². The quantitative estimate of drug-likeness (QED) is 0.711. The van der Waals surface area contributed by atoms with Gasteiger partial charge in [-0.1, -0.05) is 0 Å². The molecule has 2 atom stereocenters. The standard InChI is InChI=1S/C11H22N2O2/c1-12-11(10-2-5-15-9-10)8-13-3-6-14-7-4-13/h10-12H,2-9H2,1H3. The van der Waals surface area contributed by atoms with E-state index in [0.29, 0.717) is 12.0 Å². The van der Waals surface area contributed by atoms with Crippen LogP contribution in [-0.4, -0.2) is 64.1 Å². The van der Waals surface area contributed by atoms with Crippen molar-refractivity contribution in [1.82, 2.24) is 10.2 Å². The summed E-state index contributed by atoms with van der Waals surface area (Å²) in [7, 11) is 2.06. The van der Waals surface area contributed by atoms with Crippen molar-refractivity contribution in [3.05, 3.63) is 0 Å². The highest BCUT2D eigenvalue weighted by atomic mass is 16.5. The highest BCUT2D eigenvalue weighted by Crippen LogP contribution is 2.17. The third-order valence-corrected chi connectivity index (χ3v) is 3.46. The molecule has 2 rings (SSSR count). The molecule has 0 aromatic rings. The van der Waals surface area contributed by atoms with Gasteiger partial charge in [0.25, 0.3) is 0 Å². The number of nitrogens with one attached hydrogen (secondary N) is 1. The van der Waals surface area contributed by atoms with E-state index in [0.717, 1.165) is 46.1 Å². The molecule has 0 spiro atoms. The number of hydrogen-bond acceptors (Lipinski definition) is 4. The summed E-state index contributed by atoms with van der Waals surface area (Å²) in [5, 5.41) is 3.43. The molecule has 0 amide bonds. The van der Waals surface area contributed by atoms with Crippen molar-refractivity contribution < 1.29 is 9.47 Å². The molecule has 2 heterocycles. The van der Waals surface area contributed by atoms with Crippen LogP contribution in [0.2, 0.25) is 0 Å². The van der Waals surface area contributed by atoms with Gasteiger partial charge in [-0.25, -0.2) is 0 Å². The Kier molecular flexibility index (Phi) is 4.38. The molecule has 2 saturated heterocycles. The average molecular weight is 214 g/mol. The van der Waals surface area contributed by atoms with Crippen LogP contribution in [0.4, 0.5) is 0 Å². The first kappa shape index (κ1) is 11.3. The SMILES string of the molecule is CNC(CN1CCOCC1)C1CCOC1. The number of likely N-dealkylation sites (N-methyl/N-ethyl adjacent to an activating group) is 1. The number of nitrogens with zero attached hydrogens (tertiary/aromatic N) is 1. The second-order valence-corrected chi connectivity index (χ2v) is 4.43. The molecule has 0 saturated carbocycles. The van der Waals surface area contributed by atoms with Gasteiger partial charge in [0.1, 0.15) is 0 Å². The summed E-state index contributed by atoms with van der Waals surface area (Å²) in [6.45, 7) is 6.92. The molecule has 2 fully saturated rings. The van der Waals surface area contributed by atoms with Gasteiger partial charge in [-0.2, -0.15) is 0 Å². The van der Waals surface area contributed by atoms with Crippen LogP contribution >= 0.6 is 0 Å². The fraction of sp³-hybridized carbons (Fsp3) is 1.00. The van der Waals surface area contributed by atoms with Gasteiger partial charge in [0.2, 0.25) is 0 Å². The Morgan fingerprint density at radius 3 is 2.67 bits per heavy atom. The minimum Gasteiger partial charge on any atom is -0.381 e. The molecule has 2 unspecified atom stereocenters. The predicted molar refractivity (Wildman–Crippen MR) is 59.0 cm³/mol. The lowest BCUT2D eigenvalue weighted by atomic mass is 9.98. The number of rotatable bonds is 4. The first-order chi connectivity index (χ1) is 7.40. The summed E-state index contributed by atoms with van der Waals surface area (Å²) < 4.78 is 10.8. The van der Waals surface area contributed by atoms with Crippen molar-refractivity contribution in [3.63, 3.8) is 0 Å². The Hall–Kier alpha value is -0.160. The zero-order valence-corrected chi connectivity index (χ0v) is 9.58. The maximum Gasteiger partial charge on any atom is 0.0594 e. The summed E-state index contributed by atoms with van der Waals surface area (Å²) in [4.78, 5) is 2.49. The van der Waals surface area contributed by atoms with Crippen molar-refractivity contribution in [2.24, 2.45) is 5.92 Å². The summed E-state index contributed by atoms with van der Waals surface area (Å²) in [5.41, 5.74) is 0. The normalized spacial score (nSPS) is 30.6. The van der Waals surface area contributed by atoms with E-state index in [-0.39, 0.29) is 0 Å². The smallest absolute Gasteiger partial charge is 0.0594 e. The minimum atomic E-state index is 0.575.